The summed E-state index contributed by atoms with van der Waals surface area (Å²) in [5.74, 6) is -0.0761. The third kappa shape index (κ3) is 4.79. The van der Waals surface area contributed by atoms with Crippen molar-refractivity contribution in [2.45, 2.75) is 38.6 Å². The summed E-state index contributed by atoms with van der Waals surface area (Å²) >= 11 is 0. The summed E-state index contributed by atoms with van der Waals surface area (Å²) in [6.07, 6.45) is 6.53. The molecule has 1 saturated carbocycles. The molecule has 9 nitrogen and oxygen atoms in total. The fraction of sp³-hybridized carbons (Fsp3) is 0.474. The predicted molar refractivity (Wildman–Crippen MR) is 98.8 cm³/mol. The molecule has 0 aromatic heterocycles. The second-order valence-electron chi connectivity index (χ2n) is 6.90. The molecule has 0 unspecified atom stereocenters. The lowest BCUT2D eigenvalue weighted by atomic mass is 9.86. The van der Waals surface area contributed by atoms with Gasteiger partial charge in [0.25, 0.3) is 11.6 Å². The zero-order chi connectivity index (χ0) is 20.1. The van der Waals surface area contributed by atoms with Crippen LogP contribution in [-0.2, 0) is 14.3 Å². The molecule has 1 heterocycles. The second-order valence-corrected chi connectivity index (χ2v) is 6.90. The molecule has 3 rings (SSSR count). The first kappa shape index (κ1) is 19.7. The number of hydrogen-bond acceptors (Lipinski definition) is 7. The van der Waals surface area contributed by atoms with Crippen LogP contribution >= 0.6 is 0 Å². The molecule has 1 aromatic carbocycles. The Morgan fingerprint density at radius 3 is 2.71 bits per heavy atom. The average molecular weight is 390 g/mol. The Morgan fingerprint density at radius 2 is 2.00 bits per heavy atom. The summed E-state index contributed by atoms with van der Waals surface area (Å²) in [4.78, 5) is 34.5. The first-order valence-electron chi connectivity index (χ1n) is 9.16. The molecule has 2 aliphatic rings. The highest BCUT2D eigenvalue weighted by atomic mass is 16.7. The van der Waals surface area contributed by atoms with Gasteiger partial charge in [0.15, 0.2) is 18.1 Å². The number of benzene rings is 1. The van der Waals surface area contributed by atoms with Crippen molar-refractivity contribution in [2.24, 2.45) is 5.92 Å². The molecule has 1 aliphatic carbocycles. The van der Waals surface area contributed by atoms with Gasteiger partial charge in [-0.25, -0.2) is 4.79 Å². The number of carbonyl (C=O) groups excluding carboxylic acids is 2. The summed E-state index contributed by atoms with van der Waals surface area (Å²) in [6, 6.07) is 2.76. The Bertz CT molecular complexity index is 806. The summed E-state index contributed by atoms with van der Waals surface area (Å²) < 4.78 is 15.2. The van der Waals surface area contributed by atoms with E-state index in [1.807, 2.05) is 0 Å². The second kappa shape index (κ2) is 8.73. The van der Waals surface area contributed by atoms with Crippen LogP contribution < -0.4 is 14.8 Å². The zero-order valence-corrected chi connectivity index (χ0v) is 15.5. The minimum Gasteiger partial charge on any atom is -0.454 e. The number of nitro groups is 1. The van der Waals surface area contributed by atoms with E-state index < -0.39 is 17.5 Å². The molecular weight excluding hydrogens is 368 g/mol. The number of fused-ring (bicyclic) bond motifs is 1. The van der Waals surface area contributed by atoms with Crippen molar-refractivity contribution in [2.75, 3.05) is 13.4 Å². The van der Waals surface area contributed by atoms with Crippen LogP contribution in [0.1, 0.15) is 38.2 Å². The lowest BCUT2D eigenvalue weighted by molar-refractivity contribution is -0.385. The first-order valence-corrected chi connectivity index (χ1v) is 9.16. The summed E-state index contributed by atoms with van der Waals surface area (Å²) in [5, 5.41) is 14.1. The van der Waals surface area contributed by atoms with E-state index in [1.165, 1.54) is 24.6 Å². The summed E-state index contributed by atoms with van der Waals surface area (Å²) in [6.45, 7) is 1.68. The maximum absolute atomic E-state index is 12.0. The third-order valence-electron chi connectivity index (χ3n) is 4.92. The maximum atomic E-state index is 12.0. The predicted octanol–water partition coefficient (Wildman–Crippen LogP) is 2.57. The number of ether oxygens (including phenoxy) is 3. The molecule has 28 heavy (non-hydrogen) atoms. The SMILES string of the molecule is C[C@@H]1CCCC[C@H]1NC(=O)COC(=O)/C=C/c1cc2c(cc1[N+](=O)[O-])OCO2. The summed E-state index contributed by atoms with van der Waals surface area (Å²) in [7, 11) is 0. The van der Waals surface area contributed by atoms with Gasteiger partial charge in [0.05, 0.1) is 16.6 Å². The number of nitrogens with one attached hydrogen (secondary N) is 1. The normalized spacial score (nSPS) is 20.8. The monoisotopic (exact) mass is 390 g/mol. The standard InChI is InChI=1S/C19H22N2O7/c1-12-4-2-3-5-14(12)20-18(22)10-26-19(23)7-6-13-8-16-17(28-11-27-16)9-15(13)21(24)25/h6-9,12,14H,2-5,10-11H2,1H3,(H,20,22)/b7-6+/t12-,14-/m1/s1. The molecule has 1 aromatic rings. The van der Waals surface area contributed by atoms with E-state index in [1.54, 1.807) is 0 Å². The third-order valence-corrected chi connectivity index (χ3v) is 4.92. The Labute approximate surface area is 161 Å². The zero-order valence-electron chi connectivity index (χ0n) is 15.5. The molecule has 9 heteroatoms. The minimum absolute atomic E-state index is 0.0174. The molecule has 0 bridgehead atoms. The van der Waals surface area contributed by atoms with Gasteiger partial charge in [-0.1, -0.05) is 19.8 Å². The molecule has 2 atom stereocenters. The molecule has 0 saturated heterocycles. The van der Waals surface area contributed by atoms with E-state index >= 15 is 0 Å². The Morgan fingerprint density at radius 1 is 1.29 bits per heavy atom. The van der Waals surface area contributed by atoms with Crippen molar-refractivity contribution in [3.8, 4) is 11.5 Å². The number of carbonyl (C=O) groups is 2. The Kier molecular flexibility index (Phi) is 6.13. The molecule has 0 radical (unpaired) electrons. The fourth-order valence-electron chi connectivity index (χ4n) is 3.36. The molecule has 0 spiro atoms. The number of hydrogen-bond donors (Lipinski definition) is 1. The van der Waals surface area contributed by atoms with Gasteiger partial charge in [0.2, 0.25) is 6.79 Å². The van der Waals surface area contributed by atoms with Crippen LogP contribution in [-0.4, -0.2) is 36.2 Å². The molecule has 1 fully saturated rings. The van der Waals surface area contributed by atoms with Gasteiger partial charge >= 0.3 is 5.97 Å². The van der Waals surface area contributed by atoms with Crippen LogP contribution in [0.2, 0.25) is 0 Å². The average Bonchev–Trinajstić information content (AvgIpc) is 3.13. The maximum Gasteiger partial charge on any atom is 0.331 e. The van der Waals surface area contributed by atoms with E-state index in [4.69, 9.17) is 14.2 Å². The van der Waals surface area contributed by atoms with E-state index in [9.17, 15) is 19.7 Å². The highest BCUT2D eigenvalue weighted by Gasteiger charge is 2.24. The van der Waals surface area contributed by atoms with Crippen molar-refractivity contribution in [1.82, 2.24) is 5.32 Å². The van der Waals surface area contributed by atoms with E-state index in [0.29, 0.717) is 11.7 Å². The fourth-order valence-corrected chi connectivity index (χ4v) is 3.36. The molecular formula is C19H22N2O7. The summed E-state index contributed by atoms with van der Waals surface area (Å²) in [5.41, 5.74) is -0.0518. The van der Waals surface area contributed by atoms with Gasteiger partial charge in [0.1, 0.15) is 0 Å². The number of amides is 1. The molecule has 1 N–H and O–H groups in total. The van der Waals surface area contributed by atoms with Crippen molar-refractivity contribution in [3.05, 3.63) is 33.9 Å². The largest absolute Gasteiger partial charge is 0.454 e. The van der Waals surface area contributed by atoms with Gasteiger partial charge < -0.3 is 19.5 Å². The van der Waals surface area contributed by atoms with Crippen molar-refractivity contribution in [3.63, 3.8) is 0 Å². The van der Waals surface area contributed by atoms with E-state index in [0.717, 1.165) is 25.3 Å². The molecule has 1 aliphatic heterocycles. The number of nitro benzene ring substituents is 1. The van der Waals surface area contributed by atoms with Gasteiger partial charge in [-0.3, -0.25) is 14.9 Å². The van der Waals surface area contributed by atoms with Gasteiger partial charge in [-0.05, 0) is 30.9 Å². The van der Waals surface area contributed by atoms with Crippen LogP contribution in [0.15, 0.2) is 18.2 Å². The smallest absolute Gasteiger partial charge is 0.331 e. The van der Waals surface area contributed by atoms with Crippen LogP contribution in [0.3, 0.4) is 0 Å². The number of nitrogens with zero attached hydrogens (tertiary/aromatic N) is 1. The van der Waals surface area contributed by atoms with Crippen LogP contribution in [0, 0.1) is 16.0 Å². The van der Waals surface area contributed by atoms with Crippen molar-refractivity contribution >= 4 is 23.6 Å². The van der Waals surface area contributed by atoms with Crippen LogP contribution in [0.5, 0.6) is 11.5 Å². The Hall–Kier alpha value is -3.10. The van der Waals surface area contributed by atoms with Gasteiger partial charge in [-0.2, -0.15) is 0 Å². The van der Waals surface area contributed by atoms with Gasteiger partial charge in [0, 0.05) is 12.1 Å². The quantitative estimate of drug-likeness (QED) is 0.343. The highest BCUT2D eigenvalue weighted by Crippen LogP contribution is 2.38. The molecule has 150 valence electrons. The highest BCUT2D eigenvalue weighted by molar-refractivity contribution is 5.90. The van der Waals surface area contributed by atoms with E-state index in [2.05, 4.69) is 12.2 Å². The van der Waals surface area contributed by atoms with Crippen molar-refractivity contribution < 1.29 is 28.7 Å². The topological polar surface area (TPSA) is 117 Å². The minimum atomic E-state index is -0.765. The van der Waals surface area contributed by atoms with Crippen LogP contribution in [0.4, 0.5) is 5.69 Å². The Balaban J connectivity index is 1.55. The molecule has 1 amide bonds. The van der Waals surface area contributed by atoms with Crippen LogP contribution in [0.25, 0.3) is 6.08 Å². The number of rotatable bonds is 6. The lowest BCUT2D eigenvalue weighted by Gasteiger charge is -2.29. The first-order chi connectivity index (χ1) is 13.4. The number of esters is 1. The van der Waals surface area contributed by atoms with Gasteiger partial charge in [-0.15, -0.1) is 0 Å². The van der Waals surface area contributed by atoms with E-state index in [-0.39, 0.29) is 35.7 Å². The lowest BCUT2D eigenvalue weighted by Crippen LogP contribution is -2.42. The van der Waals surface area contributed by atoms with Crippen molar-refractivity contribution in [1.29, 1.82) is 0 Å².